The van der Waals surface area contributed by atoms with Crippen molar-refractivity contribution in [3.63, 3.8) is 0 Å². The minimum absolute atomic E-state index is 0.0371. The third-order valence-corrected chi connectivity index (χ3v) is 3.29. The number of halogens is 3. The molecule has 1 saturated carbocycles. The number of alkyl halides is 1. The van der Waals surface area contributed by atoms with E-state index in [1.807, 2.05) is 6.92 Å². The smallest absolute Gasteiger partial charge is 0.167 e. The second kappa shape index (κ2) is 5.85. The molecule has 0 aliphatic heterocycles. The lowest BCUT2D eigenvalue weighted by Gasteiger charge is -2.40. The lowest BCUT2D eigenvalue weighted by Crippen LogP contribution is -2.52. The first-order valence-electron chi connectivity index (χ1n) is 5.99. The van der Waals surface area contributed by atoms with Gasteiger partial charge in [0, 0.05) is 19.1 Å². The average molecular weight is 277 g/mol. The molecule has 1 aliphatic rings. The first kappa shape index (κ1) is 13.6. The van der Waals surface area contributed by atoms with Gasteiger partial charge in [0.25, 0.3) is 0 Å². The van der Waals surface area contributed by atoms with Gasteiger partial charge in [0.15, 0.2) is 11.6 Å². The standard InChI is InChI=1S/C13H15ClF2O2/c1-2-5-17-13-9(14)7-12(13)18-11-4-3-8(15)6-10(11)16/h3-4,6,9,12-13H,2,5,7H2,1H3. The van der Waals surface area contributed by atoms with Crippen molar-refractivity contribution in [3.05, 3.63) is 29.8 Å². The van der Waals surface area contributed by atoms with E-state index in [4.69, 9.17) is 21.1 Å². The molecule has 3 atom stereocenters. The number of rotatable bonds is 5. The fraction of sp³-hybridized carbons (Fsp3) is 0.538. The highest BCUT2D eigenvalue weighted by molar-refractivity contribution is 6.21. The lowest BCUT2D eigenvalue weighted by molar-refractivity contribution is -0.0808. The van der Waals surface area contributed by atoms with Crippen LogP contribution in [0, 0.1) is 11.6 Å². The molecule has 1 aromatic rings. The number of hydrogen-bond donors (Lipinski definition) is 0. The highest BCUT2D eigenvalue weighted by atomic mass is 35.5. The van der Waals surface area contributed by atoms with E-state index in [9.17, 15) is 8.78 Å². The fourth-order valence-corrected chi connectivity index (χ4v) is 2.25. The van der Waals surface area contributed by atoms with E-state index in [0.717, 1.165) is 18.6 Å². The summed E-state index contributed by atoms with van der Waals surface area (Å²) in [6, 6.07) is 3.24. The van der Waals surface area contributed by atoms with Gasteiger partial charge in [-0.25, -0.2) is 8.78 Å². The second-order valence-corrected chi connectivity index (χ2v) is 4.88. The van der Waals surface area contributed by atoms with Crippen LogP contribution < -0.4 is 4.74 Å². The molecule has 0 N–H and O–H groups in total. The average Bonchev–Trinajstić information content (AvgIpc) is 2.32. The predicted octanol–water partition coefficient (Wildman–Crippen LogP) is 3.52. The van der Waals surface area contributed by atoms with Crippen LogP contribution in [0.5, 0.6) is 5.75 Å². The molecule has 1 aliphatic carbocycles. The Labute approximate surface area is 110 Å². The number of ether oxygens (including phenoxy) is 2. The van der Waals surface area contributed by atoms with Crippen molar-refractivity contribution in [2.45, 2.75) is 37.4 Å². The van der Waals surface area contributed by atoms with Crippen LogP contribution in [0.2, 0.25) is 0 Å². The van der Waals surface area contributed by atoms with Crippen molar-refractivity contribution < 1.29 is 18.3 Å². The molecule has 0 bridgehead atoms. The molecule has 100 valence electrons. The predicted molar refractivity (Wildman–Crippen MR) is 65.1 cm³/mol. The second-order valence-electron chi connectivity index (χ2n) is 4.32. The molecule has 0 aromatic heterocycles. The molecule has 1 fully saturated rings. The summed E-state index contributed by atoms with van der Waals surface area (Å²) in [4.78, 5) is 0. The first-order chi connectivity index (χ1) is 8.61. The Morgan fingerprint density at radius 2 is 2.17 bits per heavy atom. The monoisotopic (exact) mass is 276 g/mol. The van der Waals surface area contributed by atoms with Crippen molar-refractivity contribution in [2.24, 2.45) is 0 Å². The van der Waals surface area contributed by atoms with E-state index in [-0.39, 0.29) is 23.3 Å². The van der Waals surface area contributed by atoms with Crippen LogP contribution in [-0.4, -0.2) is 24.2 Å². The van der Waals surface area contributed by atoms with Gasteiger partial charge in [0.2, 0.25) is 0 Å². The van der Waals surface area contributed by atoms with Gasteiger partial charge >= 0.3 is 0 Å². The molecular formula is C13H15ClF2O2. The van der Waals surface area contributed by atoms with Gasteiger partial charge in [0.05, 0.1) is 5.38 Å². The van der Waals surface area contributed by atoms with Crippen LogP contribution in [-0.2, 0) is 4.74 Å². The SMILES string of the molecule is CCCOC1C(Cl)CC1Oc1ccc(F)cc1F. The maximum absolute atomic E-state index is 13.4. The van der Waals surface area contributed by atoms with E-state index in [1.165, 1.54) is 6.07 Å². The van der Waals surface area contributed by atoms with E-state index >= 15 is 0 Å². The van der Waals surface area contributed by atoms with E-state index in [2.05, 4.69) is 0 Å². The summed E-state index contributed by atoms with van der Waals surface area (Å²) in [6.07, 6.45) is 1.000. The van der Waals surface area contributed by atoms with E-state index in [1.54, 1.807) is 0 Å². The quantitative estimate of drug-likeness (QED) is 0.766. The Morgan fingerprint density at radius 1 is 1.39 bits per heavy atom. The fourth-order valence-electron chi connectivity index (χ4n) is 1.84. The molecule has 0 saturated heterocycles. The Kier molecular flexibility index (Phi) is 4.40. The van der Waals surface area contributed by atoms with Crippen molar-refractivity contribution >= 4 is 11.6 Å². The molecular weight excluding hydrogens is 262 g/mol. The number of benzene rings is 1. The van der Waals surface area contributed by atoms with Crippen LogP contribution in [0.4, 0.5) is 8.78 Å². The van der Waals surface area contributed by atoms with E-state index < -0.39 is 11.6 Å². The first-order valence-corrected chi connectivity index (χ1v) is 6.43. The van der Waals surface area contributed by atoms with Crippen LogP contribution in [0.25, 0.3) is 0 Å². The lowest BCUT2D eigenvalue weighted by atomic mass is 9.91. The normalized spacial score (nSPS) is 26.8. The topological polar surface area (TPSA) is 18.5 Å². The zero-order valence-corrected chi connectivity index (χ0v) is 10.8. The molecule has 5 heteroatoms. The molecule has 3 unspecified atom stereocenters. The molecule has 2 rings (SSSR count). The molecule has 0 spiro atoms. The minimum atomic E-state index is -0.706. The summed E-state index contributed by atoms with van der Waals surface area (Å²) in [5.74, 6) is -1.29. The maximum Gasteiger partial charge on any atom is 0.167 e. The third kappa shape index (κ3) is 2.93. The Bertz CT molecular complexity index is 414. The van der Waals surface area contributed by atoms with Crippen LogP contribution in [0.3, 0.4) is 0 Å². The summed E-state index contributed by atoms with van der Waals surface area (Å²) >= 11 is 6.02. The summed E-state index contributed by atoms with van der Waals surface area (Å²) in [5.41, 5.74) is 0. The van der Waals surface area contributed by atoms with Crippen molar-refractivity contribution in [2.75, 3.05) is 6.61 Å². The Morgan fingerprint density at radius 3 is 2.78 bits per heavy atom. The van der Waals surface area contributed by atoms with Gasteiger partial charge < -0.3 is 9.47 Å². The van der Waals surface area contributed by atoms with Crippen molar-refractivity contribution in [1.82, 2.24) is 0 Å². The van der Waals surface area contributed by atoms with Crippen molar-refractivity contribution in [1.29, 1.82) is 0 Å². The molecule has 0 radical (unpaired) electrons. The van der Waals surface area contributed by atoms with Crippen LogP contribution >= 0.6 is 11.6 Å². The molecule has 1 aromatic carbocycles. The molecule has 0 heterocycles. The zero-order valence-electron chi connectivity index (χ0n) is 10.0. The van der Waals surface area contributed by atoms with Gasteiger partial charge in [-0.15, -0.1) is 11.6 Å². The van der Waals surface area contributed by atoms with E-state index in [0.29, 0.717) is 13.0 Å². The van der Waals surface area contributed by atoms with Crippen LogP contribution in [0.1, 0.15) is 19.8 Å². The molecule has 2 nitrogen and oxygen atoms in total. The zero-order chi connectivity index (χ0) is 13.1. The Hall–Kier alpha value is -0.870. The minimum Gasteiger partial charge on any atom is -0.485 e. The highest BCUT2D eigenvalue weighted by Crippen LogP contribution is 2.33. The largest absolute Gasteiger partial charge is 0.485 e. The summed E-state index contributed by atoms with van der Waals surface area (Å²) in [5, 5.41) is -0.106. The molecule has 0 amide bonds. The maximum atomic E-state index is 13.4. The van der Waals surface area contributed by atoms with Crippen LogP contribution in [0.15, 0.2) is 18.2 Å². The van der Waals surface area contributed by atoms with Crippen molar-refractivity contribution in [3.8, 4) is 5.75 Å². The van der Waals surface area contributed by atoms with Gasteiger partial charge in [-0.05, 0) is 18.6 Å². The summed E-state index contributed by atoms with van der Waals surface area (Å²) < 4.78 is 37.2. The van der Waals surface area contributed by atoms with Gasteiger partial charge in [-0.2, -0.15) is 0 Å². The highest BCUT2D eigenvalue weighted by Gasteiger charge is 2.43. The summed E-state index contributed by atoms with van der Waals surface area (Å²) in [7, 11) is 0. The number of hydrogen-bond acceptors (Lipinski definition) is 2. The third-order valence-electron chi connectivity index (χ3n) is 2.87. The summed E-state index contributed by atoms with van der Waals surface area (Å²) in [6.45, 7) is 2.59. The Balaban J connectivity index is 1.96. The van der Waals surface area contributed by atoms with Gasteiger partial charge in [-0.1, -0.05) is 6.92 Å². The van der Waals surface area contributed by atoms with Gasteiger partial charge in [-0.3, -0.25) is 0 Å². The van der Waals surface area contributed by atoms with Gasteiger partial charge in [0.1, 0.15) is 18.0 Å². The molecule has 18 heavy (non-hydrogen) atoms.